The minimum Gasteiger partial charge on any atom is -0.383 e. The molecule has 0 saturated heterocycles. The molecule has 0 N–H and O–H groups in total. The van der Waals surface area contributed by atoms with E-state index in [0.717, 1.165) is 29.8 Å². The Hall–Kier alpha value is -1.19. The number of carbonyl (C=O) groups excluding carboxylic acids is 1. The summed E-state index contributed by atoms with van der Waals surface area (Å²) >= 11 is 0. The van der Waals surface area contributed by atoms with Crippen LogP contribution in [0.25, 0.3) is 0 Å². The Morgan fingerprint density at radius 2 is 1.75 bits per heavy atom. The molecule has 0 spiro atoms. The van der Waals surface area contributed by atoms with E-state index in [1.165, 1.54) is 0 Å². The van der Waals surface area contributed by atoms with E-state index in [1.54, 1.807) is 7.11 Å². The number of ether oxygens (including phenoxy) is 1. The molecular formula is C17H27NO2. The Balaban J connectivity index is 2.60. The molecule has 3 heteroatoms. The monoisotopic (exact) mass is 277 g/mol. The number of ketones is 1. The van der Waals surface area contributed by atoms with Gasteiger partial charge in [0.05, 0.1) is 6.61 Å². The van der Waals surface area contributed by atoms with E-state index in [0.29, 0.717) is 19.1 Å². The smallest absolute Gasteiger partial charge is 0.164 e. The molecule has 0 heterocycles. The third-order valence-corrected chi connectivity index (χ3v) is 3.48. The van der Waals surface area contributed by atoms with Gasteiger partial charge in [0.1, 0.15) is 0 Å². The molecule has 0 fully saturated rings. The van der Waals surface area contributed by atoms with E-state index in [4.69, 9.17) is 4.74 Å². The molecule has 1 rings (SSSR count). The molecular weight excluding hydrogens is 250 g/mol. The van der Waals surface area contributed by atoms with Crippen LogP contribution >= 0.6 is 0 Å². The molecule has 0 aromatic heterocycles. The van der Waals surface area contributed by atoms with Gasteiger partial charge < -0.3 is 4.74 Å². The number of aryl methyl sites for hydroxylation is 2. The van der Waals surface area contributed by atoms with Gasteiger partial charge in [0.25, 0.3) is 0 Å². The summed E-state index contributed by atoms with van der Waals surface area (Å²) in [7, 11) is 1.71. The third kappa shape index (κ3) is 5.43. The van der Waals surface area contributed by atoms with Crippen molar-refractivity contribution < 1.29 is 9.53 Å². The fourth-order valence-electron chi connectivity index (χ4n) is 2.36. The number of carbonyl (C=O) groups is 1. The van der Waals surface area contributed by atoms with Gasteiger partial charge in [-0.3, -0.25) is 9.69 Å². The van der Waals surface area contributed by atoms with Crippen LogP contribution in [0.1, 0.15) is 41.8 Å². The number of hydrogen-bond donors (Lipinski definition) is 0. The number of benzene rings is 1. The van der Waals surface area contributed by atoms with Gasteiger partial charge in [0, 0.05) is 38.2 Å². The van der Waals surface area contributed by atoms with Crippen molar-refractivity contribution in [3.05, 3.63) is 34.9 Å². The summed E-state index contributed by atoms with van der Waals surface area (Å²) in [4.78, 5) is 14.6. The van der Waals surface area contributed by atoms with E-state index in [9.17, 15) is 4.79 Å². The van der Waals surface area contributed by atoms with Crippen molar-refractivity contribution >= 4 is 5.78 Å². The van der Waals surface area contributed by atoms with Gasteiger partial charge in [-0.25, -0.2) is 0 Å². The fourth-order valence-corrected chi connectivity index (χ4v) is 2.36. The van der Waals surface area contributed by atoms with E-state index < -0.39 is 0 Å². The van der Waals surface area contributed by atoms with Crippen molar-refractivity contribution in [2.24, 2.45) is 0 Å². The standard InChI is InChI=1S/C17H27NO2/c1-13(2)18(8-9-20-5)7-6-17(19)16-11-14(3)10-15(4)12-16/h10-13H,6-9H2,1-5H3. The second kappa shape index (κ2) is 8.18. The molecule has 0 radical (unpaired) electrons. The highest BCUT2D eigenvalue weighted by Crippen LogP contribution is 2.12. The van der Waals surface area contributed by atoms with Crippen molar-refractivity contribution in [2.75, 3.05) is 26.8 Å². The van der Waals surface area contributed by atoms with E-state index in [2.05, 4.69) is 24.8 Å². The molecule has 112 valence electrons. The van der Waals surface area contributed by atoms with Crippen LogP contribution in [0.5, 0.6) is 0 Å². The van der Waals surface area contributed by atoms with Gasteiger partial charge in [-0.05, 0) is 39.8 Å². The first kappa shape index (κ1) is 16.9. The normalized spacial score (nSPS) is 11.3. The Morgan fingerprint density at radius 1 is 1.15 bits per heavy atom. The first-order valence-electron chi connectivity index (χ1n) is 7.28. The van der Waals surface area contributed by atoms with Crippen LogP contribution in [0.4, 0.5) is 0 Å². The zero-order chi connectivity index (χ0) is 15.1. The van der Waals surface area contributed by atoms with Crippen LogP contribution < -0.4 is 0 Å². The zero-order valence-electron chi connectivity index (χ0n) is 13.4. The summed E-state index contributed by atoms with van der Waals surface area (Å²) in [5.41, 5.74) is 3.12. The first-order chi connectivity index (χ1) is 9.43. The molecule has 0 aliphatic heterocycles. The molecule has 0 bridgehead atoms. The quantitative estimate of drug-likeness (QED) is 0.683. The highest BCUT2D eigenvalue weighted by atomic mass is 16.5. The van der Waals surface area contributed by atoms with Crippen LogP contribution in [-0.4, -0.2) is 43.5 Å². The van der Waals surface area contributed by atoms with Gasteiger partial charge in [-0.15, -0.1) is 0 Å². The van der Waals surface area contributed by atoms with Gasteiger partial charge in [-0.2, -0.15) is 0 Å². The maximum Gasteiger partial charge on any atom is 0.164 e. The highest BCUT2D eigenvalue weighted by Gasteiger charge is 2.13. The summed E-state index contributed by atoms with van der Waals surface area (Å²) in [5.74, 6) is 0.222. The average molecular weight is 277 g/mol. The molecule has 0 aliphatic carbocycles. The molecule has 1 aromatic rings. The molecule has 1 aromatic carbocycles. The highest BCUT2D eigenvalue weighted by molar-refractivity contribution is 5.96. The van der Waals surface area contributed by atoms with Gasteiger partial charge in [0.2, 0.25) is 0 Å². The fraction of sp³-hybridized carbons (Fsp3) is 0.588. The molecule has 0 amide bonds. The Labute approximate surface area is 122 Å². The summed E-state index contributed by atoms with van der Waals surface area (Å²) < 4.78 is 5.12. The second-order valence-electron chi connectivity index (χ2n) is 5.67. The van der Waals surface area contributed by atoms with Crippen molar-refractivity contribution in [1.29, 1.82) is 0 Å². The summed E-state index contributed by atoms with van der Waals surface area (Å²) in [5, 5.41) is 0. The maximum absolute atomic E-state index is 12.3. The number of hydrogen-bond acceptors (Lipinski definition) is 3. The maximum atomic E-state index is 12.3. The largest absolute Gasteiger partial charge is 0.383 e. The number of rotatable bonds is 8. The molecule has 0 saturated carbocycles. The van der Waals surface area contributed by atoms with Crippen LogP contribution in [0, 0.1) is 13.8 Å². The van der Waals surface area contributed by atoms with Crippen LogP contribution in [-0.2, 0) is 4.74 Å². The van der Waals surface area contributed by atoms with Crippen molar-refractivity contribution in [2.45, 2.75) is 40.2 Å². The van der Waals surface area contributed by atoms with Crippen LogP contribution in [0.3, 0.4) is 0 Å². The predicted molar refractivity (Wildman–Crippen MR) is 83.4 cm³/mol. The topological polar surface area (TPSA) is 29.5 Å². The molecule has 20 heavy (non-hydrogen) atoms. The Morgan fingerprint density at radius 3 is 2.25 bits per heavy atom. The van der Waals surface area contributed by atoms with Crippen LogP contribution in [0.2, 0.25) is 0 Å². The summed E-state index contributed by atoms with van der Waals surface area (Å²) in [6, 6.07) is 6.47. The van der Waals surface area contributed by atoms with Crippen molar-refractivity contribution in [3.8, 4) is 0 Å². The number of nitrogens with zero attached hydrogens (tertiary/aromatic N) is 1. The Bertz CT molecular complexity index is 420. The lowest BCUT2D eigenvalue weighted by Crippen LogP contribution is -2.35. The first-order valence-corrected chi connectivity index (χ1v) is 7.28. The van der Waals surface area contributed by atoms with E-state index >= 15 is 0 Å². The Kier molecular flexibility index (Phi) is 6.89. The van der Waals surface area contributed by atoms with Crippen molar-refractivity contribution in [3.63, 3.8) is 0 Å². The molecule has 3 nitrogen and oxygen atoms in total. The summed E-state index contributed by atoms with van der Waals surface area (Å²) in [6.07, 6.45) is 0.560. The van der Waals surface area contributed by atoms with E-state index in [1.807, 2.05) is 26.0 Å². The molecule has 0 atom stereocenters. The molecule has 0 aliphatic rings. The zero-order valence-corrected chi connectivity index (χ0v) is 13.4. The third-order valence-electron chi connectivity index (χ3n) is 3.48. The second-order valence-corrected chi connectivity index (χ2v) is 5.67. The van der Waals surface area contributed by atoms with Gasteiger partial charge >= 0.3 is 0 Å². The average Bonchev–Trinajstić information content (AvgIpc) is 2.36. The minimum atomic E-state index is 0.222. The van der Waals surface area contributed by atoms with E-state index in [-0.39, 0.29) is 5.78 Å². The minimum absolute atomic E-state index is 0.222. The van der Waals surface area contributed by atoms with Gasteiger partial charge in [-0.1, -0.05) is 17.2 Å². The summed E-state index contributed by atoms with van der Waals surface area (Å²) in [6.45, 7) is 10.7. The lowest BCUT2D eigenvalue weighted by Gasteiger charge is -2.25. The molecule has 0 unspecified atom stereocenters. The SMILES string of the molecule is COCCN(CCC(=O)c1cc(C)cc(C)c1)C(C)C. The number of methoxy groups -OCH3 is 1. The predicted octanol–water partition coefficient (Wildman–Crippen LogP) is 3.23. The van der Waals surface area contributed by atoms with Crippen LogP contribution in [0.15, 0.2) is 18.2 Å². The lowest BCUT2D eigenvalue weighted by molar-refractivity contribution is 0.0927. The van der Waals surface area contributed by atoms with Gasteiger partial charge in [0.15, 0.2) is 5.78 Å². The lowest BCUT2D eigenvalue weighted by atomic mass is 10.0. The van der Waals surface area contributed by atoms with Crippen molar-refractivity contribution in [1.82, 2.24) is 4.90 Å². The number of Topliss-reactive ketones (excluding diaryl/α,β-unsaturated/α-hetero) is 1.